The normalized spacial score (nSPS) is 27.3. The summed E-state index contributed by atoms with van der Waals surface area (Å²) in [4.78, 5) is 0. The second-order valence-corrected chi connectivity index (χ2v) is 4.64. The van der Waals surface area contributed by atoms with E-state index in [4.69, 9.17) is 5.73 Å². The molecule has 2 atom stereocenters. The van der Waals surface area contributed by atoms with Crippen LogP contribution in [-0.4, -0.2) is 17.5 Å². The first-order valence-corrected chi connectivity index (χ1v) is 5.75. The van der Waals surface area contributed by atoms with E-state index in [9.17, 15) is 0 Å². The maximum absolute atomic E-state index is 5.56. The Hall–Kier alpha value is 0.310. The van der Waals surface area contributed by atoms with Gasteiger partial charge in [0.05, 0.1) is 0 Å². The smallest absolute Gasteiger partial charge is 0.00759 e. The average Bonchev–Trinajstić information content (AvgIpc) is 2.52. The highest BCUT2D eigenvalue weighted by atomic mass is 32.2. The molecule has 0 bridgehead atoms. The Bertz CT molecular complexity index is 99.7. The van der Waals surface area contributed by atoms with Crippen LogP contribution in [-0.2, 0) is 0 Å². The van der Waals surface area contributed by atoms with Crippen molar-refractivity contribution in [2.24, 2.45) is 11.7 Å². The molecule has 1 aliphatic heterocycles. The molecule has 1 fully saturated rings. The van der Waals surface area contributed by atoms with Gasteiger partial charge in [0, 0.05) is 5.25 Å². The molecule has 1 aliphatic rings. The molecular weight excluding hydrogens is 154 g/mol. The minimum Gasteiger partial charge on any atom is -0.330 e. The van der Waals surface area contributed by atoms with E-state index >= 15 is 0 Å². The summed E-state index contributed by atoms with van der Waals surface area (Å²) in [5, 5.41) is 0.934. The Morgan fingerprint density at radius 3 is 2.91 bits per heavy atom. The fourth-order valence-electron chi connectivity index (χ4n) is 1.84. The quantitative estimate of drug-likeness (QED) is 0.705. The fourth-order valence-corrected chi connectivity index (χ4v) is 3.41. The minimum atomic E-state index is 0.871. The van der Waals surface area contributed by atoms with Crippen LogP contribution in [0.5, 0.6) is 0 Å². The van der Waals surface area contributed by atoms with Gasteiger partial charge in [-0.3, -0.25) is 0 Å². The van der Waals surface area contributed by atoms with Crippen LogP contribution < -0.4 is 5.73 Å². The molecule has 0 aliphatic carbocycles. The van der Waals surface area contributed by atoms with Gasteiger partial charge in [-0.05, 0) is 37.5 Å². The molecular formula is C9H19NS. The van der Waals surface area contributed by atoms with Gasteiger partial charge in [-0.15, -0.1) is 0 Å². The zero-order valence-corrected chi connectivity index (χ0v) is 8.20. The van der Waals surface area contributed by atoms with Crippen molar-refractivity contribution < 1.29 is 0 Å². The largest absolute Gasteiger partial charge is 0.330 e. The highest BCUT2D eigenvalue weighted by Crippen LogP contribution is 2.34. The van der Waals surface area contributed by atoms with Gasteiger partial charge in [0.25, 0.3) is 0 Å². The molecule has 11 heavy (non-hydrogen) atoms. The lowest BCUT2D eigenvalue weighted by Crippen LogP contribution is -2.17. The second kappa shape index (κ2) is 5.04. The summed E-state index contributed by atoms with van der Waals surface area (Å²) in [6, 6.07) is 0. The third kappa shape index (κ3) is 2.68. The van der Waals surface area contributed by atoms with E-state index in [2.05, 4.69) is 18.7 Å². The average molecular weight is 173 g/mol. The SMILES string of the molecule is CCC(CCN)C1CCCS1. The lowest BCUT2D eigenvalue weighted by Gasteiger charge is -2.19. The molecule has 1 rings (SSSR count). The highest BCUT2D eigenvalue weighted by Gasteiger charge is 2.23. The lowest BCUT2D eigenvalue weighted by molar-refractivity contribution is 0.449. The first kappa shape index (κ1) is 9.40. The summed E-state index contributed by atoms with van der Waals surface area (Å²) in [5.74, 6) is 2.28. The first-order valence-electron chi connectivity index (χ1n) is 4.70. The monoisotopic (exact) mass is 173 g/mol. The maximum atomic E-state index is 5.56. The molecule has 0 spiro atoms. The molecule has 1 nitrogen and oxygen atoms in total. The third-order valence-electron chi connectivity index (χ3n) is 2.55. The molecule has 2 heteroatoms. The molecule has 2 unspecified atom stereocenters. The third-order valence-corrected chi connectivity index (χ3v) is 4.13. The molecule has 0 amide bonds. The predicted molar refractivity (Wildman–Crippen MR) is 52.9 cm³/mol. The van der Waals surface area contributed by atoms with Crippen molar-refractivity contribution in [1.82, 2.24) is 0 Å². The van der Waals surface area contributed by atoms with Crippen LogP contribution in [0, 0.1) is 5.92 Å². The molecule has 0 radical (unpaired) electrons. The summed E-state index contributed by atoms with van der Waals surface area (Å²) in [6.07, 6.45) is 5.41. The molecule has 1 heterocycles. The van der Waals surface area contributed by atoms with Crippen molar-refractivity contribution in [3.8, 4) is 0 Å². The van der Waals surface area contributed by atoms with E-state index in [0.29, 0.717) is 0 Å². The second-order valence-electron chi connectivity index (χ2n) is 3.30. The zero-order valence-electron chi connectivity index (χ0n) is 7.38. The van der Waals surface area contributed by atoms with E-state index in [1.807, 2.05) is 0 Å². The molecule has 0 aromatic rings. The first-order chi connectivity index (χ1) is 5.38. The summed E-state index contributed by atoms with van der Waals surface area (Å²) < 4.78 is 0. The predicted octanol–water partition coefficient (Wildman–Crippen LogP) is 2.26. The van der Waals surface area contributed by atoms with Crippen molar-refractivity contribution in [1.29, 1.82) is 0 Å². The number of hydrogen-bond donors (Lipinski definition) is 1. The van der Waals surface area contributed by atoms with Gasteiger partial charge in [0.2, 0.25) is 0 Å². The van der Waals surface area contributed by atoms with Crippen molar-refractivity contribution >= 4 is 11.8 Å². The van der Waals surface area contributed by atoms with E-state index < -0.39 is 0 Å². The summed E-state index contributed by atoms with van der Waals surface area (Å²) in [5.41, 5.74) is 5.56. The summed E-state index contributed by atoms with van der Waals surface area (Å²) in [6.45, 7) is 3.16. The molecule has 0 aromatic heterocycles. The van der Waals surface area contributed by atoms with Crippen LogP contribution in [0.4, 0.5) is 0 Å². The molecule has 2 N–H and O–H groups in total. The number of rotatable bonds is 4. The van der Waals surface area contributed by atoms with Crippen molar-refractivity contribution in [3.05, 3.63) is 0 Å². The van der Waals surface area contributed by atoms with E-state index in [-0.39, 0.29) is 0 Å². The van der Waals surface area contributed by atoms with Gasteiger partial charge in [0.1, 0.15) is 0 Å². The van der Waals surface area contributed by atoms with Gasteiger partial charge in [-0.25, -0.2) is 0 Å². The Morgan fingerprint density at radius 1 is 1.64 bits per heavy atom. The van der Waals surface area contributed by atoms with E-state index in [1.165, 1.54) is 31.4 Å². The van der Waals surface area contributed by atoms with Crippen LogP contribution >= 0.6 is 11.8 Å². The summed E-state index contributed by atoms with van der Waals surface area (Å²) >= 11 is 2.16. The lowest BCUT2D eigenvalue weighted by atomic mass is 9.96. The molecule has 0 saturated carbocycles. The van der Waals surface area contributed by atoms with Gasteiger partial charge in [-0.2, -0.15) is 11.8 Å². The standard InChI is InChI=1S/C9H19NS/c1-2-8(5-6-10)9-4-3-7-11-9/h8-9H,2-7,10H2,1H3. The van der Waals surface area contributed by atoms with Crippen molar-refractivity contribution in [2.45, 2.75) is 37.9 Å². The Labute approximate surface area is 74.1 Å². The van der Waals surface area contributed by atoms with E-state index in [0.717, 1.165) is 17.7 Å². The molecule has 0 aromatic carbocycles. The fraction of sp³-hybridized carbons (Fsp3) is 1.00. The number of thioether (sulfide) groups is 1. The van der Waals surface area contributed by atoms with Gasteiger partial charge >= 0.3 is 0 Å². The molecule has 66 valence electrons. The Balaban J connectivity index is 2.27. The highest BCUT2D eigenvalue weighted by molar-refractivity contribution is 8.00. The molecule has 1 saturated heterocycles. The van der Waals surface area contributed by atoms with Crippen LogP contribution in [0.1, 0.15) is 32.6 Å². The van der Waals surface area contributed by atoms with Crippen molar-refractivity contribution in [3.63, 3.8) is 0 Å². The van der Waals surface area contributed by atoms with E-state index in [1.54, 1.807) is 0 Å². The van der Waals surface area contributed by atoms with Crippen LogP contribution in [0.2, 0.25) is 0 Å². The van der Waals surface area contributed by atoms with Gasteiger partial charge in [-0.1, -0.05) is 13.3 Å². The van der Waals surface area contributed by atoms with Crippen LogP contribution in [0.25, 0.3) is 0 Å². The van der Waals surface area contributed by atoms with Crippen molar-refractivity contribution in [2.75, 3.05) is 12.3 Å². The Kier molecular flexibility index (Phi) is 4.31. The Morgan fingerprint density at radius 2 is 2.45 bits per heavy atom. The van der Waals surface area contributed by atoms with Gasteiger partial charge < -0.3 is 5.73 Å². The topological polar surface area (TPSA) is 26.0 Å². The summed E-state index contributed by atoms with van der Waals surface area (Å²) in [7, 11) is 0. The van der Waals surface area contributed by atoms with Crippen LogP contribution in [0.15, 0.2) is 0 Å². The number of hydrogen-bond acceptors (Lipinski definition) is 2. The number of nitrogens with two attached hydrogens (primary N) is 1. The minimum absolute atomic E-state index is 0.871. The van der Waals surface area contributed by atoms with Gasteiger partial charge in [0.15, 0.2) is 0 Å². The zero-order chi connectivity index (χ0) is 8.10. The maximum Gasteiger partial charge on any atom is 0.00759 e. The van der Waals surface area contributed by atoms with Crippen LogP contribution in [0.3, 0.4) is 0 Å².